The van der Waals surface area contributed by atoms with Crippen molar-refractivity contribution >= 4 is 11.9 Å². The summed E-state index contributed by atoms with van der Waals surface area (Å²) in [6.07, 6.45) is 12.0. The van der Waals surface area contributed by atoms with Gasteiger partial charge in [0.2, 0.25) is 0 Å². The highest BCUT2D eigenvalue weighted by molar-refractivity contribution is 5.99. The molecule has 1 heterocycles. The molecule has 1 aliphatic carbocycles. The zero-order chi connectivity index (χ0) is 13.7. The van der Waals surface area contributed by atoms with Crippen molar-refractivity contribution in [3.05, 3.63) is 0 Å². The molecule has 1 saturated heterocycles. The molecule has 0 aromatic heterocycles. The summed E-state index contributed by atoms with van der Waals surface area (Å²) in [4.78, 5) is 23.8. The van der Waals surface area contributed by atoms with Crippen molar-refractivity contribution in [2.24, 2.45) is 11.3 Å². The molecule has 0 aromatic rings. The average Bonchev–Trinajstić information content (AvgIpc) is 2.66. The highest BCUT2D eigenvalue weighted by Crippen LogP contribution is 2.50. The van der Waals surface area contributed by atoms with Crippen molar-refractivity contribution in [3.63, 3.8) is 0 Å². The van der Waals surface area contributed by atoms with Gasteiger partial charge in [-0.1, -0.05) is 58.3 Å². The smallest absolute Gasteiger partial charge is 0.320 e. The van der Waals surface area contributed by atoms with Crippen LogP contribution in [0.15, 0.2) is 0 Å². The van der Waals surface area contributed by atoms with Crippen LogP contribution in [-0.2, 0) is 14.3 Å². The fourth-order valence-corrected chi connectivity index (χ4v) is 3.71. The molecule has 0 bridgehead atoms. The molecule has 19 heavy (non-hydrogen) atoms. The monoisotopic (exact) mass is 266 g/mol. The molecule has 0 radical (unpaired) electrons. The van der Waals surface area contributed by atoms with Crippen LogP contribution < -0.4 is 0 Å². The van der Waals surface area contributed by atoms with Crippen LogP contribution >= 0.6 is 0 Å². The summed E-state index contributed by atoms with van der Waals surface area (Å²) in [6, 6.07) is 0. The number of rotatable bonds is 7. The van der Waals surface area contributed by atoms with E-state index in [1.165, 1.54) is 32.1 Å². The van der Waals surface area contributed by atoms with Crippen molar-refractivity contribution in [1.29, 1.82) is 0 Å². The van der Waals surface area contributed by atoms with Crippen molar-refractivity contribution in [2.45, 2.75) is 77.6 Å². The zero-order valence-electron chi connectivity index (χ0n) is 12.1. The van der Waals surface area contributed by atoms with E-state index in [9.17, 15) is 9.59 Å². The van der Waals surface area contributed by atoms with Gasteiger partial charge in [-0.15, -0.1) is 0 Å². The van der Waals surface area contributed by atoms with Gasteiger partial charge in [-0.3, -0.25) is 9.59 Å². The van der Waals surface area contributed by atoms with E-state index in [-0.39, 0.29) is 17.9 Å². The van der Waals surface area contributed by atoms with Crippen molar-refractivity contribution in [1.82, 2.24) is 0 Å². The molecule has 2 atom stereocenters. The van der Waals surface area contributed by atoms with Crippen LogP contribution in [0.2, 0.25) is 0 Å². The Morgan fingerprint density at radius 2 is 1.84 bits per heavy atom. The molecular formula is C16H26O3. The maximum absolute atomic E-state index is 12.1. The van der Waals surface area contributed by atoms with Crippen molar-refractivity contribution in [2.75, 3.05) is 0 Å². The largest absolute Gasteiger partial charge is 0.392 e. The third-order valence-electron chi connectivity index (χ3n) is 4.89. The van der Waals surface area contributed by atoms with E-state index in [0.29, 0.717) is 0 Å². The van der Waals surface area contributed by atoms with Crippen LogP contribution in [0.5, 0.6) is 0 Å². The fraction of sp³-hybridized carbons (Fsp3) is 0.875. The molecule has 2 fully saturated rings. The highest BCUT2D eigenvalue weighted by Gasteiger charge is 2.57. The molecule has 3 nitrogen and oxygen atoms in total. The molecule has 2 unspecified atom stereocenters. The van der Waals surface area contributed by atoms with Crippen LogP contribution in [0.1, 0.15) is 77.6 Å². The second kappa shape index (κ2) is 6.53. The maximum Gasteiger partial charge on any atom is 0.320 e. The maximum atomic E-state index is 12.1. The first-order valence-corrected chi connectivity index (χ1v) is 7.97. The number of fused-ring (bicyclic) bond motifs is 1. The Morgan fingerprint density at radius 1 is 1.11 bits per heavy atom. The summed E-state index contributed by atoms with van der Waals surface area (Å²) >= 11 is 0. The van der Waals surface area contributed by atoms with E-state index in [4.69, 9.17) is 4.74 Å². The highest BCUT2D eigenvalue weighted by atomic mass is 16.6. The van der Waals surface area contributed by atoms with Crippen LogP contribution in [-0.4, -0.2) is 11.9 Å². The number of cyclic esters (lactones) is 2. The second-order valence-corrected chi connectivity index (χ2v) is 6.18. The average molecular weight is 266 g/mol. The van der Waals surface area contributed by atoms with Gasteiger partial charge in [0, 0.05) is 0 Å². The van der Waals surface area contributed by atoms with Gasteiger partial charge in [-0.25, -0.2) is 0 Å². The minimum atomic E-state index is -0.444. The standard InChI is InChI=1S/C16H26O3/c1-2-3-4-5-6-8-11-16-12-9-7-10-13(16)14(17)19-15(16)18/h13H,2-12H2,1H3. The van der Waals surface area contributed by atoms with E-state index in [1.807, 2.05) is 0 Å². The lowest BCUT2D eigenvalue weighted by Gasteiger charge is -2.33. The van der Waals surface area contributed by atoms with Crippen molar-refractivity contribution in [3.8, 4) is 0 Å². The normalized spacial score (nSPS) is 30.3. The van der Waals surface area contributed by atoms with E-state index in [1.54, 1.807) is 0 Å². The van der Waals surface area contributed by atoms with Crippen molar-refractivity contribution < 1.29 is 14.3 Å². The van der Waals surface area contributed by atoms with Crippen LogP contribution in [0, 0.1) is 11.3 Å². The lowest BCUT2D eigenvalue weighted by Crippen LogP contribution is -2.36. The summed E-state index contributed by atoms with van der Waals surface area (Å²) in [5.74, 6) is -0.615. The number of ether oxygens (including phenoxy) is 1. The zero-order valence-corrected chi connectivity index (χ0v) is 12.1. The van der Waals surface area contributed by atoms with Gasteiger partial charge in [0.15, 0.2) is 0 Å². The second-order valence-electron chi connectivity index (χ2n) is 6.18. The first-order chi connectivity index (χ1) is 9.20. The van der Waals surface area contributed by atoms with E-state index in [2.05, 4.69) is 6.92 Å². The summed E-state index contributed by atoms with van der Waals surface area (Å²) in [6.45, 7) is 2.21. The molecule has 0 spiro atoms. The molecule has 1 aliphatic heterocycles. The topological polar surface area (TPSA) is 43.4 Å². The Bertz CT molecular complexity index is 337. The molecule has 0 N–H and O–H groups in total. The molecule has 2 rings (SSSR count). The summed E-state index contributed by atoms with van der Waals surface area (Å²) in [7, 11) is 0. The van der Waals surface area contributed by atoms with Gasteiger partial charge in [-0.05, 0) is 19.3 Å². The van der Waals surface area contributed by atoms with Gasteiger partial charge < -0.3 is 4.74 Å². The number of carbonyl (C=O) groups excluding carboxylic acids is 2. The van der Waals surface area contributed by atoms with Gasteiger partial charge >= 0.3 is 11.9 Å². The Balaban J connectivity index is 1.85. The molecule has 108 valence electrons. The molecule has 0 aromatic carbocycles. The Morgan fingerprint density at radius 3 is 2.63 bits per heavy atom. The Kier molecular flexibility index (Phi) is 5.00. The third-order valence-corrected chi connectivity index (χ3v) is 4.89. The molecule has 2 aliphatic rings. The summed E-state index contributed by atoms with van der Waals surface area (Å²) in [5.41, 5.74) is -0.444. The Labute approximate surface area is 116 Å². The van der Waals surface area contributed by atoms with Crippen LogP contribution in [0.25, 0.3) is 0 Å². The number of carbonyl (C=O) groups is 2. The summed E-state index contributed by atoms with van der Waals surface area (Å²) in [5, 5.41) is 0. The molecule has 1 saturated carbocycles. The quantitative estimate of drug-likeness (QED) is 0.397. The first-order valence-electron chi connectivity index (χ1n) is 7.97. The number of hydrogen-bond donors (Lipinski definition) is 0. The van der Waals surface area contributed by atoms with E-state index >= 15 is 0 Å². The van der Waals surface area contributed by atoms with Gasteiger partial charge in [-0.2, -0.15) is 0 Å². The third kappa shape index (κ3) is 3.01. The van der Waals surface area contributed by atoms with Gasteiger partial charge in [0.1, 0.15) is 0 Å². The minimum absolute atomic E-state index is 0.135. The van der Waals surface area contributed by atoms with Crippen LogP contribution in [0.4, 0.5) is 0 Å². The molecule has 0 amide bonds. The molecule has 3 heteroatoms. The fourth-order valence-electron chi connectivity index (χ4n) is 3.71. The van der Waals surface area contributed by atoms with E-state index < -0.39 is 5.41 Å². The first kappa shape index (κ1) is 14.5. The van der Waals surface area contributed by atoms with E-state index in [0.717, 1.165) is 38.5 Å². The lowest BCUT2D eigenvalue weighted by atomic mass is 9.65. The minimum Gasteiger partial charge on any atom is -0.392 e. The number of unbranched alkanes of at least 4 members (excludes halogenated alkanes) is 5. The predicted molar refractivity (Wildman–Crippen MR) is 73.5 cm³/mol. The van der Waals surface area contributed by atoms with Gasteiger partial charge in [0.25, 0.3) is 0 Å². The Hall–Kier alpha value is -0.860. The van der Waals surface area contributed by atoms with Crippen LogP contribution in [0.3, 0.4) is 0 Å². The number of esters is 2. The van der Waals surface area contributed by atoms with Gasteiger partial charge in [0.05, 0.1) is 11.3 Å². The lowest BCUT2D eigenvalue weighted by molar-refractivity contribution is -0.155. The molecular weight excluding hydrogens is 240 g/mol. The SMILES string of the molecule is CCCCCCCCC12CCCCC1C(=O)OC2=O. The number of hydrogen-bond acceptors (Lipinski definition) is 3. The summed E-state index contributed by atoms with van der Waals surface area (Å²) < 4.78 is 4.93. The predicted octanol–water partition coefficient (Wildman–Crippen LogP) is 4.00.